The molecule has 0 N–H and O–H groups in total. The third-order valence-corrected chi connectivity index (χ3v) is 3.30. The van der Waals surface area contributed by atoms with Crippen molar-refractivity contribution in [1.29, 1.82) is 0 Å². The summed E-state index contributed by atoms with van der Waals surface area (Å²) in [7, 11) is 0. The van der Waals surface area contributed by atoms with Gasteiger partial charge in [-0.3, -0.25) is 0 Å². The predicted octanol–water partition coefficient (Wildman–Crippen LogP) is 2.76. The number of pyridine rings is 1. The van der Waals surface area contributed by atoms with Gasteiger partial charge in [0, 0.05) is 11.8 Å². The van der Waals surface area contributed by atoms with Gasteiger partial charge in [0.1, 0.15) is 16.1 Å². The highest BCUT2D eigenvalue weighted by Crippen LogP contribution is 2.18. The average molecular weight is 263 g/mol. The Kier molecular flexibility index (Phi) is 4.29. The summed E-state index contributed by atoms with van der Waals surface area (Å²) in [6.07, 6.45) is 2.58. The topological polar surface area (TPSA) is 48.3 Å². The van der Waals surface area contributed by atoms with Gasteiger partial charge in [0.05, 0.1) is 6.21 Å². The monoisotopic (exact) mass is 262 g/mol. The van der Waals surface area contributed by atoms with Gasteiger partial charge in [-0.15, -0.1) is 0 Å². The van der Waals surface area contributed by atoms with Crippen LogP contribution >= 0.6 is 11.6 Å². The number of hydrogen-bond acceptors (Lipinski definition) is 3. The summed E-state index contributed by atoms with van der Waals surface area (Å²) < 4.78 is 28.3. The number of rotatable bonds is 2. The summed E-state index contributed by atoms with van der Waals surface area (Å²) >= 11 is 4.08. The van der Waals surface area contributed by atoms with Gasteiger partial charge in [-0.2, -0.15) is 0 Å². The van der Waals surface area contributed by atoms with Crippen molar-refractivity contribution in [3.05, 3.63) is 28.8 Å². The van der Waals surface area contributed by atoms with Gasteiger partial charge in [0.15, 0.2) is 11.0 Å². The van der Waals surface area contributed by atoms with Gasteiger partial charge in [0.2, 0.25) is 0 Å². The van der Waals surface area contributed by atoms with Crippen LogP contribution in [0, 0.1) is 5.82 Å². The van der Waals surface area contributed by atoms with Gasteiger partial charge in [-0.05, 0) is 26.8 Å². The molecule has 0 aliphatic carbocycles. The fraction of sp³-hybridized carbons (Fsp3) is 0.400. The van der Waals surface area contributed by atoms with Crippen LogP contribution in [0.3, 0.4) is 0 Å². The summed E-state index contributed by atoms with van der Waals surface area (Å²) in [6, 6.07) is 1.42. The molecular weight excluding hydrogens is 251 g/mol. The molecule has 0 saturated heterocycles. The van der Waals surface area contributed by atoms with Crippen LogP contribution in [0.25, 0.3) is 0 Å². The lowest BCUT2D eigenvalue weighted by atomic mass is 10.3. The molecule has 16 heavy (non-hydrogen) atoms. The number of hydrogen-bond donors (Lipinski definition) is 0. The second-order valence-electron chi connectivity index (χ2n) is 4.10. The van der Waals surface area contributed by atoms with Gasteiger partial charge in [-0.25, -0.2) is 9.37 Å². The zero-order chi connectivity index (χ0) is 12.3. The van der Waals surface area contributed by atoms with Crippen LogP contribution in [-0.4, -0.2) is 20.5 Å². The first-order valence-electron chi connectivity index (χ1n) is 4.58. The smallest absolute Gasteiger partial charge is 0.169 e. The highest BCUT2D eigenvalue weighted by Gasteiger charge is 2.25. The minimum absolute atomic E-state index is 0.178. The van der Waals surface area contributed by atoms with Crippen LogP contribution in [-0.2, 0) is 11.4 Å². The molecule has 0 radical (unpaired) electrons. The minimum atomic E-state index is -1.41. The van der Waals surface area contributed by atoms with Crippen LogP contribution < -0.4 is 0 Å². The van der Waals surface area contributed by atoms with Crippen molar-refractivity contribution in [3.8, 4) is 0 Å². The molecule has 3 nitrogen and oxygen atoms in total. The molecule has 88 valence electrons. The molecule has 0 spiro atoms. The Morgan fingerprint density at radius 2 is 2.19 bits per heavy atom. The van der Waals surface area contributed by atoms with E-state index in [0.29, 0.717) is 0 Å². The lowest BCUT2D eigenvalue weighted by Crippen LogP contribution is -2.25. The lowest BCUT2D eigenvalue weighted by Gasteiger charge is -2.17. The molecular formula is C10H12ClFN2OS. The summed E-state index contributed by atoms with van der Waals surface area (Å²) in [5.74, 6) is -0.654. The Bertz CT molecular complexity index is 406. The molecule has 6 heteroatoms. The maximum atomic E-state index is 13.4. The first-order chi connectivity index (χ1) is 7.32. The predicted molar refractivity (Wildman–Crippen MR) is 64.7 cm³/mol. The minimum Gasteiger partial charge on any atom is -0.591 e. The number of aromatic nitrogens is 1. The number of nitrogens with zero attached hydrogens (tertiary/aromatic N) is 2. The van der Waals surface area contributed by atoms with E-state index in [1.54, 1.807) is 20.8 Å². The summed E-state index contributed by atoms with van der Waals surface area (Å²) in [5, 5.41) is -0.217. The molecule has 0 bridgehead atoms. The first-order valence-corrected chi connectivity index (χ1v) is 6.07. The Labute approximate surface area is 102 Å². The molecule has 1 rings (SSSR count). The second-order valence-corrected chi connectivity index (χ2v) is 6.39. The first kappa shape index (κ1) is 13.4. The highest BCUT2D eigenvalue weighted by atomic mass is 35.5. The summed E-state index contributed by atoms with van der Waals surface area (Å²) in [6.45, 7) is 5.36. The quantitative estimate of drug-likeness (QED) is 0.467. The van der Waals surface area contributed by atoms with Crippen LogP contribution in [0.15, 0.2) is 16.7 Å². The van der Waals surface area contributed by atoms with Crippen LogP contribution in [0.1, 0.15) is 26.3 Å². The zero-order valence-corrected chi connectivity index (χ0v) is 10.8. The third kappa shape index (κ3) is 3.43. The molecule has 0 aliphatic heterocycles. The van der Waals surface area contributed by atoms with E-state index in [0.717, 1.165) is 0 Å². The van der Waals surface area contributed by atoms with Crippen LogP contribution in [0.5, 0.6) is 0 Å². The van der Waals surface area contributed by atoms with E-state index in [1.165, 1.54) is 18.5 Å². The molecule has 1 heterocycles. The van der Waals surface area contributed by atoms with E-state index < -0.39 is 21.9 Å². The van der Waals surface area contributed by atoms with Crippen LogP contribution in [0.4, 0.5) is 4.39 Å². The Morgan fingerprint density at radius 1 is 1.56 bits per heavy atom. The van der Waals surface area contributed by atoms with Gasteiger partial charge < -0.3 is 4.55 Å². The maximum absolute atomic E-state index is 13.4. The Balaban J connectivity index is 2.89. The molecule has 1 unspecified atom stereocenters. The second kappa shape index (κ2) is 5.12. The normalized spacial score (nSPS) is 14.4. The van der Waals surface area contributed by atoms with Crippen molar-refractivity contribution in [2.24, 2.45) is 4.40 Å². The van der Waals surface area contributed by atoms with Gasteiger partial charge in [0.25, 0.3) is 0 Å². The zero-order valence-electron chi connectivity index (χ0n) is 9.20. The van der Waals surface area contributed by atoms with Crippen LogP contribution in [0.2, 0.25) is 5.15 Å². The van der Waals surface area contributed by atoms with E-state index in [-0.39, 0.29) is 10.7 Å². The van der Waals surface area contributed by atoms with Gasteiger partial charge >= 0.3 is 0 Å². The van der Waals surface area contributed by atoms with E-state index in [9.17, 15) is 8.94 Å². The molecule has 0 fully saturated rings. The molecule has 0 amide bonds. The molecule has 1 aromatic rings. The summed E-state index contributed by atoms with van der Waals surface area (Å²) in [5.41, 5.74) is 0.178. The fourth-order valence-corrected chi connectivity index (χ4v) is 1.49. The molecule has 1 atom stereocenters. The van der Waals surface area contributed by atoms with E-state index in [2.05, 4.69) is 9.38 Å². The van der Waals surface area contributed by atoms with Gasteiger partial charge in [-0.1, -0.05) is 16.0 Å². The largest absolute Gasteiger partial charge is 0.591 e. The highest BCUT2D eigenvalue weighted by molar-refractivity contribution is 7.91. The average Bonchev–Trinajstić information content (AvgIpc) is 2.18. The Morgan fingerprint density at radius 3 is 2.75 bits per heavy atom. The molecule has 0 aliphatic rings. The van der Waals surface area contributed by atoms with E-state index in [1.807, 2.05) is 0 Å². The standard InChI is InChI=1S/C10H12ClFN2OS/c1-10(2,3)16(15)14-6-7-4-5-13-9(11)8(7)12/h4-6H,1-3H3/b14-6-. The summed E-state index contributed by atoms with van der Waals surface area (Å²) in [4.78, 5) is 3.57. The lowest BCUT2D eigenvalue weighted by molar-refractivity contribution is 0.561. The number of halogens is 2. The van der Waals surface area contributed by atoms with E-state index >= 15 is 0 Å². The van der Waals surface area contributed by atoms with Crippen molar-refractivity contribution in [1.82, 2.24) is 4.98 Å². The van der Waals surface area contributed by atoms with Crippen molar-refractivity contribution >= 4 is 29.2 Å². The molecule has 1 aromatic heterocycles. The van der Waals surface area contributed by atoms with Crippen molar-refractivity contribution in [3.63, 3.8) is 0 Å². The van der Waals surface area contributed by atoms with Crippen molar-refractivity contribution < 1.29 is 8.94 Å². The molecule has 0 saturated carbocycles. The molecule has 0 aromatic carbocycles. The third-order valence-electron chi connectivity index (χ3n) is 1.69. The maximum Gasteiger partial charge on any atom is 0.169 e. The van der Waals surface area contributed by atoms with E-state index in [4.69, 9.17) is 11.6 Å². The van der Waals surface area contributed by atoms with Crippen molar-refractivity contribution in [2.45, 2.75) is 25.5 Å². The SMILES string of the molecule is CC(C)(C)[S+]([O-])/N=C\c1ccnc(Cl)c1F. The van der Waals surface area contributed by atoms with Crippen molar-refractivity contribution in [2.75, 3.05) is 0 Å². The fourth-order valence-electron chi connectivity index (χ4n) is 0.794. The Hall–Kier alpha value is -0.650.